The highest BCUT2D eigenvalue weighted by Crippen LogP contribution is 2.11. The number of nitrogens with one attached hydrogen (secondary N) is 1. The predicted octanol–water partition coefficient (Wildman–Crippen LogP) is -0.0176. The maximum absolute atomic E-state index is 11.7. The van der Waals surface area contributed by atoms with E-state index in [9.17, 15) is 19.5 Å². The third-order valence-electron chi connectivity index (χ3n) is 2.93. The van der Waals surface area contributed by atoms with Crippen molar-refractivity contribution in [3.8, 4) is 5.75 Å². The SMILES string of the molecule is CC(=O)N(C)CC(=O)N[C@@H](Cc1ccc(O)cc1)C(=O)O. The number of aliphatic carboxylic acids is 1. The molecule has 0 aromatic heterocycles. The van der Waals surface area contributed by atoms with Crippen molar-refractivity contribution in [2.75, 3.05) is 13.6 Å². The fourth-order valence-corrected chi connectivity index (χ4v) is 1.63. The Balaban J connectivity index is 2.65. The van der Waals surface area contributed by atoms with E-state index in [2.05, 4.69) is 5.32 Å². The molecule has 0 saturated heterocycles. The monoisotopic (exact) mass is 294 g/mol. The first-order valence-electron chi connectivity index (χ1n) is 6.31. The van der Waals surface area contributed by atoms with E-state index >= 15 is 0 Å². The minimum atomic E-state index is -1.16. The molecule has 0 aliphatic heterocycles. The lowest BCUT2D eigenvalue weighted by molar-refractivity contribution is -0.142. The number of aromatic hydroxyl groups is 1. The van der Waals surface area contributed by atoms with E-state index in [1.807, 2.05) is 0 Å². The number of hydrogen-bond donors (Lipinski definition) is 3. The number of carboxylic acids is 1. The molecule has 0 radical (unpaired) electrons. The van der Waals surface area contributed by atoms with E-state index in [0.717, 1.165) is 0 Å². The second-order valence-electron chi connectivity index (χ2n) is 4.70. The number of benzene rings is 1. The highest BCUT2D eigenvalue weighted by atomic mass is 16.4. The fourth-order valence-electron chi connectivity index (χ4n) is 1.63. The highest BCUT2D eigenvalue weighted by molar-refractivity contribution is 5.87. The number of carbonyl (C=O) groups excluding carboxylic acids is 2. The van der Waals surface area contributed by atoms with Crippen LogP contribution < -0.4 is 5.32 Å². The second kappa shape index (κ2) is 7.28. The third-order valence-corrected chi connectivity index (χ3v) is 2.93. The van der Waals surface area contributed by atoms with Gasteiger partial charge in [-0.05, 0) is 17.7 Å². The van der Waals surface area contributed by atoms with Crippen LogP contribution in [0.25, 0.3) is 0 Å². The Bertz CT molecular complexity index is 527. The summed E-state index contributed by atoms with van der Waals surface area (Å²) in [6.07, 6.45) is 0.0884. The van der Waals surface area contributed by atoms with Crippen LogP contribution in [-0.4, -0.2) is 52.5 Å². The van der Waals surface area contributed by atoms with Gasteiger partial charge in [-0.25, -0.2) is 4.79 Å². The minimum Gasteiger partial charge on any atom is -0.508 e. The largest absolute Gasteiger partial charge is 0.508 e. The topological polar surface area (TPSA) is 107 Å². The molecule has 1 aromatic rings. The van der Waals surface area contributed by atoms with E-state index in [1.165, 1.54) is 31.0 Å². The van der Waals surface area contributed by atoms with Gasteiger partial charge in [0.1, 0.15) is 11.8 Å². The van der Waals surface area contributed by atoms with Crippen LogP contribution >= 0.6 is 0 Å². The second-order valence-corrected chi connectivity index (χ2v) is 4.70. The van der Waals surface area contributed by atoms with Crippen LogP contribution in [0.5, 0.6) is 5.75 Å². The number of carboxylic acid groups (broad SMARTS) is 1. The number of amides is 2. The van der Waals surface area contributed by atoms with Crippen molar-refractivity contribution in [2.45, 2.75) is 19.4 Å². The first-order chi connectivity index (χ1) is 9.79. The van der Waals surface area contributed by atoms with E-state index in [-0.39, 0.29) is 24.6 Å². The molecule has 114 valence electrons. The molecule has 0 aliphatic carbocycles. The molecule has 3 N–H and O–H groups in total. The van der Waals surface area contributed by atoms with Gasteiger partial charge in [-0.2, -0.15) is 0 Å². The van der Waals surface area contributed by atoms with Crippen LogP contribution in [0.15, 0.2) is 24.3 Å². The van der Waals surface area contributed by atoms with Crippen molar-refractivity contribution >= 4 is 17.8 Å². The van der Waals surface area contributed by atoms with Crippen molar-refractivity contribution in [3.63, 3.8) is 0 Å². The molecule has 21 heavy (non-hydrogen) atoms. The van der Waals surface area contributed by atoms with Crippen LogP contribution in [0.1, 0.15) is 12.5 Å². The lowest BCUT2D eigenvalue weighted by Crippen LogP contribution is -2.46. The highest BCUT2D eigenvalue weighted by Gasteiger charge is 2.21. The Morgan fingerprint density at radius 3 is 2.29 bits per heavy atom. The molecule has 7 heteroatoms. The van der Waals surface area contributed by atoms with Crippen LogP contribution in [0, 0.1) is 0 Å². The summed E-state index contributed by atoms with van der Waals surface area (Å²) in [5.41, 5.74) is 0.667. The van der Waals surface area contributed by atoms with Gasteiger partial charge in [-0.15, -0.1) is 0 Å². The van der Waals surface area contributed by atoms with Gasteiger partial charge < -0.3 is 20.4 Å². The summed E-state index contributed by atoms with van der Waals surface area (Å²) < 4.78 is 0. The molecule has 0 heterocycles. The zero-order chi connectivity index (χ0) is 16.0. The summed E-state index contributed by atoms with van der Waals surface area (Å²) in [5.74, 6) is -1.91. The summed E-state index contributed by atoms with van der Waals surface area (Å²) in [7, 11) is 1.46. The smallest absolute Gasteiger partial charge is 0.326 e. The number of hydrogen-bond acceptors (Lipinski definition) is 4. The van der Waals surface area contributed by atoms with E-state index in [0.29, 0.717) is 5.56 Å². The summed E-state index contributed by atoms with van der Waals surface area (Å²) in [6, 6.07) is 4.96. The van der Waals surface area contributed by atoms with Gasteiger partial charge in [-0.3, -0.25) is 9.59 Å². The number of rotatable bonds is 6. The summed E-state index contributed by atoms with van der Waals surface area (Å²) in [4.78, 5) is 35.1. The lowest BCUT2D eigenvalue weighted by Gasteiger charge is -2.18. The number of phenolic OH excluding ortho intramolecular Hbond substituents is 1. The van der Waals surface area contributed by atoms with Crippen LogP contribution in [0.3, 0.4) is 0 Å². The van der Waals surface area contributed by atoms with Crippen molar-refractivity contribution in [1.29, 1.82) is 0 Å². The number of phenols is 1. The Labute approximate surface area is 122 Å². The number of likely N-dealkylation sites (N-methyl/N-ethyl adjacent to an activating group) is 1. The molecule has 7 nitrogen and oxygen atoms in total. The average molecular weight is 294 g/mol. The molecule has 0 spiro atoms. The van der Waals surface area contributed by atoms with E-state index in [4.69, 9.17) is 5.11 Å². The van der Waals surface area contributed by atoms with Crippen LogP contribution in [0.2, 0.25) is 0 Å². The lowest BCUT2D eigenvalue weighted by atomic mass is 10.1. The molecule has 1 atom stereocenters. The van der Waals surface area contributed by atoms with Gasteiger partial charge in [0.2, 0.25) is 11.8 Å². The first kappa shape index (κ1) is 16.5. The Morgan fingerprint density at radius 2 is 1.81 bits per heavy atom. The van der Waals surface area contributed by atoms with Crippen LogP contribution in [0.4, 0.5) is 0 Å². The quantitative estimate of drug-likeness (QED) is 0.683. The molecule has 1 rings (SSSR count). The molecule has 1 aromatic carbocycles. The van der Waals surface area contributed by atoms with Crippen LogP contribution in [-0.2, 0) is 20.8 Å². The first-order valence-corrected chi connectivity index (χ1v) is 6.31. The van der Waals surface area contributed by atoms with Gasteiger partial charge in [0.05, 0.1) is 6.54 Å². The zero-order valence-electron chi connectivity index (χ0n) is 11.9. The Hall–Kier alpha value is -2.57. The van der Waals surface area contributed by atoms with Crippen molar-refractivity contribution in [2.24, 2.45) is 0 Å². The predicted molar refractivity (Wildman–Crippen MR) is 74.7 cm³/mol. The number of nitrogens with zero attached hydrogens (tertiary/aromatic N) is 1. The summed E-state index contributed by atoms with van der Waals surface area (Å²) >= 11 is 0. The van der Waals surface area contributed by atoms with Gasteiger partial charge >= 0.3 is 5.97 Å². The average Bonchev–Trinajstić information content (AvgIpc) is 2.40. The summed E-state index contributed by atoms with van der Waals surface area (Å²) in [5, 5.41) is 20.7. The molecule has 0 saturated carbocycles. The zero-order valence-corrected chi connectivity index (χ0v) is 11.9. The number of carbonyl (C=O) groups is 3. The Morgan fingerprint density at radius 1 is 1.24 bits per heavy atom. The fraction of sp³-hybridized carbons (Fsp3) is 0.357. The Kier molecular flexibility index (Phi) is 5.71. The van der Waals surface area contributed by atoms with Crippen molar-refractivity contribution < 1.29 is 24.6 Å². The molecule has 0 fully saturated rings. The molecular weight excluding hydrogens is 276 g/mol. The van der Waals surface area contributed by atoms with Gasteiger partial charge in [0.25, 0.3) is 0 Å². The van der Waals surface area contributed by atoms with E-state index in [1.54, 1.807) is 12.1 Å². The third kappa shape index (κ3) is 5.52. The van der Waals surface area contributed by atoms with Gasteiger partial charge in [0.15, 0.2) is 0 Å². The molecule has 0 bridgehead atoms. The minimum absolute atomic E-state index is 0.0812. The normalized spacial score (nSPS) is 11.5. The maximum atomic E-state index is 11.7. The van der Waals surface area contributed by atoms with Crippen molar-refractivity contribution in [1.82, 2.24) is 10.2 Å². The van der Waals surface area contributed by atoms with Gasteiger partial charge in [-0.1, -0.05) is 12.1 Å². The molecule has 0 aliphatic rings. The molecule has 0 unspecified atom stereocenters. The van der Waals surface area contributed by atoms with E-state index < -0.39 is 17.9 Å². The standard InChI is InChI=1S/C14H18N2O5/c1-9(17)16(2)8-13(19)15-12(14(20)21)7-10-3-5-11(18)6-4-10/h3-6,12,18H,7-8H2,1-2H3,(H,15,19)(H,20,21)/t12-/m0/s1. The maximum Gasteiger partial charge on any atom is 0.326 e. The van der Waals surface area contributed by atoms with Gasteiger partial charge in [0, 0.05) is 20.4 Å². The molecule has 2 amide bonds. The van der Waals surface area contributed by atoms with Crippen molar-refractivity contribution in [3.05, 3.63) is 29.8 Å². The summed E-state index contributed by atoms with van der Waals surface area (Å²) in [6.45, 7) is 1.12. The molecular formula is C14H18N2O5.